The Morgan fingerprint density at radius 3 is 2.17 bits per heavy atom. The maximum atomic E-state index is 13.0. The van der Waals surface area contributed by atoms with Crippen molar-refractivity contribution < 1.29 is 27.1 Å². The summed E-state index contributed by atoms with van der Waals surface area (Å²) in [6, 6.07) is 8.07. The molecule has 0 unspecified atom stereocenters. The molecule has 0 aromatic heterocycles. The van der Waals surface area contributed by atoms with Gasteiger partial charge in [0.15, 0.2) is 6.61 Å². The van der Waals surface area contributed by atoms with Gasteiger partial charge < -0.3 is 10.1 Å². The second-order valence-electron chi connectivity index (χ2n) is 6.70. The molecule has 156 valence electrons. The minimum Gasteiger partial charge on any atom is -0.455 e. The Bertz CT molecular complexity index is 997. The fourth-order valence-electron chi connectivity index (χ4n) is 2.80. The Morgan fingerprint density at radius 1 is 1.07 bits per heavy atom. The van der Waals surface area contributed by atoms with Crippen LogP contribution in [0.15, 0.2) is 41.3 Å². The maximum absolute atomic E-state index is 13.0. The van der Waals surface area contributed by atoms with Gasteiger partial charge in [-0.15, -0.1) is 0 Å². The van der Waals surface area contributed by atoms with E-state index in [1.54, 1.807) is 0 Å². The molecular formula is C20H23FN2O5S. The van der Waals surface area contributed by atoms with Crippen LogP contribution in [0.1, 0.15) is 16.7 Å². The summed E-state index contributed by atoms with van der Waals surface area (Å²) in [6.07, 6.45) is 0. The summed E-state index contributed by atoms with van der Waals surface area (Å²) in [5.74, 6) is -1.99. The third-order valence-corrected chi connectivity index (χ3v) is 6.00. The van der Waals surface area contributed by atoms with Crippen molar-refractivity contribution in [3.8, 4) is 0 Å². The Kier molecular flexibility index (Phi) is 7.10. The number of halogens is 1. The number of rotatable bonds is 7. The molecule has 1 amide bonds. The highest BCUT2D eigenvalue weighted by atomic mass is 32.2. The first-order chi connectivity index (χ1) is 13.5. The van der Waals surface area contributed by atoms with Crippen molar-refractivity contribution >= 4 is 27.6 Å². The van der Waals surface area contributed by atoms with Gasteiger partial charge in [-0.3, -0.25) is 9.59 Å². The average molecular weight is 422 g/mol. The van der Waals surface area contributed by atoms with Crippen molar-refractivity contribution in [1.82, 2.24) is 4.31 Å². The first kappa shape index (κ1) is 22.5. The number of hydrogen-bond donors (Lipinski definition) is 1. The number of nitrogens with one attached hydrogen (secondary N) is 1. The highest BCUT2D eigenvalue weighted by molar-refractivity contribution is 7.89. The number of likely N-dealkylation sites (N-methyl/N-ethyl adjacent to an activating group) is 1. The second kappa shape index (κ2) is 9.15. The minimum absolute atomic E-state index is 0.155. The third kappa shape index (κ3) is 5.85. The van der Waals surface area contributed by atoms with Crippen molar-refractivity contribution in [3.63, 3.8) is 0 Å². The maximum Gasteiger partial charge on any atom is 0.321 e. The highest BCUT2D eigenvalue weighted by Gasteiger charge is 2.24. The molecule has 7 nitrogen and oxygen atoms in total. The summed E-state index contributed by atoms with van der Waals surface area (Å²) in [7, 11) is -2.79. The van der Waals surface area contributed by atoms with Crippen LogP contribution in [0.4, 0.5) is 10.1 Å². The van der Waals surface area contributed by atoms with Crippen LogP contribution in [-0.2, 0) is 24.3 Å². The molecule has 0 bridgehead atoms. The summed E-state index contributed by atoms with van der Waals surface area (Å²) in [5.41, 5.74) is 3.47. The van der Waals surface area contributed by atoms with Crippen molar-refractivity contribution in [2.45, 2.75) is 25.7 Å². The lowest BCUT2D eigenvalue weighted by molar-refractivity contribution is -0.147. The number of amides is 1. The molecule has 0 aliphatic rings. The molecule has 0 fully saturated rings. The molecule has 0 saturated heterocycles. The molecule has 9 heteroatoms. The van der Waals surface area contributed by atoms with Crippen molar-refractivity contribution in [3.05, 3.63) is 58.9 Å². The average Bonchev–Trinajstić information content (AvgIpc) is 2.63. The third-order valence-electron chi connectivity index (χ3n) is 4.18. The highest BCUT2D eigenvalue weighted by Crippen LogP contribution is 2.21. The van der Waals surface area contributed by atoms with Gasteiger partial charge >= 0.3 is 5.97 Å². The van der Waals surface area contributed by atoms with Gasteiger partial charge in [-0.05, 0) is 56.2 Å². The lowest BCUT2D eigenvalue weighted by atomic mass is 10.1. The van der Waals surface area contributed by atoms with Gasteiger partial charge in [0, 0.05) is 12.7 Å². The van der Waals surface area contributed by atoms with Crippen LogP contribution in [0.25, 0.3) is 0 Å². The number of carbonyl (C=O) groups is 2. The molecular weight excluding hydrogens is 399 g/mol. The van der Waals surface area contributed by atoms with Gasteiger partial charge in [0.1, 0.15) is 12.4 Å². The summed E-state index contributed by atoms with van der Waals surface area (Å²) < 4.78 is 43.4. The monoisotopic (exact) mass is 422 g/mol. The number of sulfonamides is 1. The molecule has 0 spiro atoms. The Hall–Kier alpha value is -2.78. The number of benzene rings is 2. The van der Waals surface area contributed by atoms with Crippen LogP contribution in [0.2, 0.25) is 0 Å². The van der Waals surface area contributed by atoms with E-state index in [1.165, 1.54) is 7.05 Å². The lowest BCUT2D eigenvalue weighted by Gasteiger charge is -2.17. The molecule has 0 atom stereocenters. The van der Waals surface area contributed by atoms with Crippen LogP contribution in [0.3, 0.4) is 0 Å². The lowest BCUT2D eigenvalue weighted by Crippen LogP contribution is -2.34. The number of carbonyl (C=O) groups excluding carboxylic acids is 2. The molecule has 0 saturated carbocycles. The van der Waals surface area contributed by atoms with Crippen LogP contribution in [-0.4, -0.2) is 44.8 Å². The zero-order valence-electron chi connectivity index (χ0n) is 16.7. The molecule has 2 aromatic carbocycles. The fraction of sp³-hybridized carbons (Fsp3) is 0.300. The van der Waals surface area contributed by atoms with E-state index < -0.39 is 40.9 Å². The van der Waals surface area contributed by atoms with E-state index in [1.807, 2.05) is 32.9 Å². The van der Waals surface area contributed by atoms with Crippen molar-refractivity contribution in [1.29, 1.82) is 0 Å². The Labute approximate surface area is 169 Å². The molecule has 0 aliphatic carbocycles. The Morgan fingerprint density at radius 2 is 1.62 bits per heavy atom. The van der Waals surface area contributed by atoms with Gasteiger partial charge in [0.2, 0.25) is 10.0 Å². The van der Waals surface area contributed by atoms with Crippen molar-refractivity contribution in [2.24, 2.45) is 0 Å². The SMILES string of the molecule is Cc1cc(C)c(NC(=O)COC(=O)CN(C)S(=O)(=O)c2ccc(F)cc2)c(C)c1. The number of nitrogens with zero attached hydrogens (tertiary/aromatic N) is 1. The topological polar surface area (TPSA) is 92.8 Å². The standard InChI is InChI=1S/C20H23FN2O5S/c1-13-9-14(2)20(15(3)10-13)22-18(24)12-28-19(25)11-23(4)29(26,27)17-7-5-16(21)6-8-17/h5-10H,11-12H2,1-4H3,(H,22,24). The van der Waals surface area contributed by atoms with E-state index in [0.717, 1.165) is 45.3 Å². The first-order valence-corrected chi connectivity index (χ1v) is 10.2. The van der Waals surface area contributed by atoms with Gasteiger partial charge in [-0.2, -0.15) is 4.31 Å². The number of aryl methyl sites for hydroxylation is 3. The number of ether oxygens (including phenoxy) is 1. The van der Waals surface area contributed by atoms with Crippen LogP contribution in [0.5, 0.6) is 0 Å². The predicted molar refractivity (Wildman–Crippen MR) is 106 cm³/mol. The van der Waals surface area contributed by atoms with Gasteiger partial charge in [-0.1, -0.05) is 17.7 Å². The van der Waals surface area contributed by atoms with Crippen LogP contribution >= 0.6 is 0 Å². The van der Waals surface area contributed by atoms with E-state index in [9.17, 15) is 22.4 Å². The number of anilines is 1. The van der Waals surface area contributed by atoms with E-state index in [-0.39, 0.29) is 4.90 Å². The molecule has 2 aromatic rings. The second-order valence-corrected chi connectivity index (χ2v) is 8.74. The molecule has 0 aliphatic heterocycles. The van der Waals surface area contributed by atoms with E-state index >= 15 is 0 Å². The first-order valence-electron chi connectivity index (χ1n) is 8.76. The molecule has 2 rings (SSSR count). The number of hydrogen-bond acceptors (Lipinski definition) is 5. The summed E-state index contributed by atoms with van der Waals surface area (Å²) in [6.45, 7) is 4.53. The van der Waals surface area contributed by atoms with Crippen LogP contribution < -0.4 is 5.32 Å². The largest absolute Gasteiger partial charge is 0.455 e. The van der Waals surface area contributed by atoms with Gasteiger partial charge in [0.05, 0.1) is 4.90 Å². The Balaban J connectivity index is 1.92. The van der Waals surface area contributed by atoms with E-state index in [4.69, 9.17) is 4.74 Å². The quantitative estimate of drug-likeness (QED) is 0.693. The number of esters is 1. The molecule has 29 heavy (non-hydrogen) atoms. The minimum atomic E-state index is -3.99. The predicted octanol–water partition coefficient (Wildman–Crippen LogP) is 2.55. The normalized spacial score (nSPS) is 11.4. The molecule has 0 heterocycles. The van der Waals surface area contributed by atoms with E-state index in [0.29, 0.717) is 5.69 Å². The smallest absolute Gasteiger partial charge is 0.321 e. The van der Waals surface area contributed by atoms with Gasteiger partial charge in [0.25, 0.3) is 5.91 Å². The molecule has 0 radical (unpaired) electrons. The van der Waals surface area contributed by atoms with Crippen molar-refractivity contribution in [2.75, 3.05) is 25.5 Å². The fourth-order valence-corrected chi connectivity index (χ4v) is 3.91. The summed E-state index contributed by atoms with van der Waals surface area (Å²) in [5, 5.41) is 2.69. The van der Waals surface area contributed by atoms with E-state index in [2.05, 4.69) is 5.32 Å². The summed E-state index contributed by atoms with van der Waals surface area (Å²) in [4.78, 5) is 23.9. The zero-order valence-corrected chi connectivity index (χ0v) is 17.5. The zero-order chi connectivity index (χ0) is 21.8. The van der Waals surface area contributed by atoms with Gasteiger partial charge in [-0.25, -0.2) is 12.8 Å². The summed E-state index contributed by atoms with van der Waals surface area (Å²) >= 11 is 0. The molecule has 1 N–H and O–H groups in total. The van der Waals surface area contributed by atoms with Crippen LogP contribution in [0, 0.1) is 26.6 Å².